The van der Waals surface area contributed by atoms with Crippen molar-refractivity contribution in [2.24, 2.45) is 0 Å². The van der Waals surface area contributed by atoms with Crippen molar-refractivity contribution in [1.82, 2.24) is 9.97 Å². The molecule has 0 radical (unpaired) electrons. The first-order valence-electron chi connectivity index (χ1n) is 4.25. The SMILES string of the molecule is Nc1nccnc1Sc1cccc(F)c1. The summed E-state index contributed by atoms with van der Waals surface area (Å²) in [6.07, 6.45) is 3.07. The van der Waals surface area contributed by atoms with Gasteiger partial charge in [-0.15, -0.1) is 0 Å². The zero-order chi connectivity index (χ0) is 10.7. The second-order valence-electron chi connectivity index (χ2n) is 2.81. The fourth-order valence-corrected chi connectivity index (χ4v) is 1.87. The Kier molecular flexibility index (Phi) is 2.82. The van der Waals surface area contributed by atoms with Gasteiger partial charge in [-0.1, -0.05) is 17.8 Å². The molecule has 0 aliphatic rings. The van der Waals surface area contributed by atoms with E-state index in [1.165, 1.54) is 30.1 Å². The quantitative estimate of drug-likeness (QED) is 0.845. The van der Waals surface area contributed by atoms with E-state index < -0.39 is 0 Å². The smallest absolute Gasteiger partial charge is 0.156 e. The van der Waals surface area contributed by atoms with Gasteiger partial charge in [-0.25, -0.2) is 14.4 Å². The van der Waals surface area contributed by atoms with E-state index in [2.05, 4.69) is 9.97 Å². The Hall–Kier alpha value is -1.62. The lowest BCUT2D eigenvalue weighted by atomic mass is 10.4. The Morgan fingerprint density at radius 2 is 2.00 bits per heavy atom. The van der Waals surface area contributed by atoms with Gasteiger partial charge in [0.15, 0.2) is 5.82 Å². The molecule has 0 aliphatic carbocycles. The van der Waals surface area contributed by atoms with E-state index in [1.54, 1.807) is 18.3 Å². The number of anilines is 1. The number of nitrogen functional groups attached to an aromatic ring is 1. The zero-order valence-electron chi connectivity index (χ0n) is 7.72. The maximum atomic E-state index is 12.9. The van der Waals surface area contributed by atoms with Crippen molar-refractivity contribution in [3.8, 4) is 0 Å². The van der Waals surface area contributed by atoms with Crippen LogP contribution in [0.5, 0.6) is 0 Å². The third-order valence-electron chi connectivity index (χ3n) is 1.70. The molecule has 0 spiro atoms. The standard InChI is InChI=1S/C10H8FN3S/c11-7-2-1-3-8(6-7)15-10-9(12)13-4-5-14-10/h1-6H,(H2,12,13). The molecule has 0 fully saturated rings. The Morgan fingerprint density at radius 1 is 1.20 bits per heavy atom. The van der Waals surface area contributed by atoms with Crippen molar-refractivity contribution in [2.45, 2.75) is 9.92 Å². The molecule has 1 aromatic carbocycles. The first-order chi connectivity index (χ1) is 7.25. The summed E-state index contributed by atoms with van der Waals surface area (Å²) in [6.45, 7) is 0. The van der Waals surface area contributed by atoms with Gasteiger partial charge >= 0.3 is 0 Å². The summed E-state index contributed by atoms with van der Waals surface area (Å²) >= 11 is 1.29. The lowest BCUT2D eigenvalue weighted by Gasteiger charge is -2.02. The highest BCUT2D eigenvalue weighted by molar-refractivity contribution is 7.99. The predicted octanol–water partition coefficient (Wildman–Crippen LogP) is 2.35. The molecule has 2 aromatic rings. The van der Waals surface area contributed by atoms with E-state index in [0.29, 0.717) is 10.8 Å². The van der Waals surface area contributed by atoms with E-state index in [9.17, 15) is 4.39 Å². The molecule has 0 saturated carbocycles. The summed E-state index contributed by atoms with van der Waals surface area (Å²) in [5, 5.41) is 0.586. The molecule has 0 amide bonds. The van der Waals surface area contributed by atoms with Crippen molar-refractivity contribution >= 4 is 17.6 Å². The van der Waals surface area contributed by atoms with Gasteiger partial charge in [0.05, 0.1) is 0 Å². The van der Waals surface area contributed by atoms with E-state index in [1.807, 2.05) is 0 Å². The summed E-state index contributed by atoms with van der Waals surface area (Å²) in [5.74, 6) is 0.0780. The number of nitrogens with zero attached hydrogens (tertiary/aromatic N) is 2. The number of hydrogen-bond donors (Lipinski definition) is 1. The lowest BCUT2D eigenvalue weighted by Crippen LogP contribution is -1.94. The Bertz CT molecular complexity index is 476. The van der Waals surface area contributed by atoms with Crippen molar-refractivity contribution < 1.29 is 4.39 Å². The van der Waals surface area contributed by atoms with E-state index >= 15 is 0 Å². The highest BCUT2D eigenvalue weighted by Gasteiger charge is 2.04. The number of hydrogen-bond acceptors (Lipinski definition) is 4. The summed E-state index contributed by atoms with van der Waals surface area (Å²) in [6, 6.07) is 6.26. The summed E-state index contributed by atoms with van der Waals surface area (Å²) in [4.78, 5) is 8.71. The predicted molar refractivity (Wildman–Crippen MR) is 57.0 cm³/mol. The molecule has 0 bridgehead atoms. The van der Waals surface area contributed by atoms with Crippen LogP contribution in [0.25, 0.3) is 0 Å². The van der Waals surface area contributed by atoms with Crippen LogP contribution < -0.4 is 5.73 Å². The third kappa shape index (κ3) is 2.44. The molecule has 0 unspecified atom stereocenters. The molecular weight excluding hydrogens is 213 g/mol. The number of halogens is 1. The Labute approximate surface area is 90.6 Å². The van der Waals surface area contributed by atoms with Crippen molar-refractivity contribution in [3.63, 3.8) is 0 Å². The maximum Gasteiger partial charge on any atom is 0.156 e. The van der Waals surface area contributed by atoms with Gasteiger partial charge in [0, 0.05) is 17.3 Å². The molecule has 2 rings (SSSR count). The van der Waals surface area contributed by atoms with Crippen LogP contribution in [0, 0.1) is 5.82 Å². The summed E-state index contributed by atoms with van der Waals surface area (Å²) in [5.41, 5.74) is 5.62. The van der Waals surface area contributed by atoms with E-state index in [0.717, 1.165) is 4.90 Å². The van der Waals surface area contributed by atoms with Gasteiger partial charge in [0.2, 0.25) is 0 Å². The minimum atomic E-state index is -0.275. The molecule has 0 aliphatic heterocycles. The van der Waals surface area contributed by atoms with Gasteiger partial charge in [0.1, 0.15) is 10.8 Å². The fraction of sp³-hybridized carbons (Fsp3) is 0. The molecule has 1 heterocycles. The molecule has 5 heteroatoms. The number of rotatable bonds is 2. The largest absolute Gasteiger partial charge is 0.381 e. The first-order valence-corrected chi connectivity index (χ1v) is 5.07. The fourth-order valence-electron chi connectivity index (χ4n) is 1.06. The van der Waals surface area contributed by atoms with Crippen LogP contribution >= 0.6 is 11.8 Å². The first kappa shape index (κ1) is 9.92. The molecule has 15 heavy (non-hydrogen) atoms. The van der Waals surface area contributed by atoms with Crippen LogP contribution in [-0.2, 0) is 0 Å². The van der Waals surface area contributed by atoms with Gasteiger partial charge in [0.25, 0.3) is 0 Å². The molecule has 0 atom stereocenters. The second-order valence-corrected chi connectivity index (χ2v) is 3.87. The average Bonchev–Trinajstić information content (AvgIpc) is 2.22. The highest BCUT2D eigenvalue weighted by atomic mass is 32.2. The number of benzene rings is 1. The zero-order valence-corrected chi connectivity index (χ0v) is 8.54. The van der Waals surface area contributed by atoms with Crippen molar-refractivity contribution in [3.05, 3.63) is 42.5 Å². The van der Waals surface area contributed by atoms with E-state index in [-0.39, 0.29) is 5.82 Å². The summed E-state index contributed by atoms with van der Waals surface area (Å²) < 4.78 is 12.9. The Balaban J connectivity index is 2.26. The summed E-state index contributed by atoms with van der Waals surface area (Å²) in [7, 11) is 0. The molecule has 76 valence electrons. The van der Waals surface area contributed by atoms with Crippen LogP contribution in [0.2, 0.25) is 0 Å². The normalized spacial score (nSPS) is 10.2. The Morgan fingerprint density at radius 3 is 2.73 bits per heavy atom. The van der Waals surface area contributed by atoms with Gasteiger partial charge < -0.3 is 5.73 Å². The minimum Gasteiger partial charge on any atom is -0.381 e. The van der Waals surface area contributed by atoms with Crippen LogP contribution in [0.1, 0.15) is 0 Å². The van der Waals surface area contributed by atoms with Gasteiger partial charge in [-0.05, 0) is 18.2 Å². The topological polar surface area (TPSA) is 51.8 Å². The van der Waals surface area contributed by atoms with Crippen LogP contribution in [-0.4, -0.2) is 9.97 Å². The number of nitrogens with two attached hydrogens (primary N) is 1. The highest BCUT2D eigenvalue weighted by Crippen LogP contribution is 2.28. The third-order valence-corrected chi connectivity index (χ3v) is 2.70. The monoisotopic (exact) mass is 221 g/mol. The second kappa shape index (κ2) is 4.27. The molecule has 2 N–H and O–H groups in total. The average molecular weight is 221 g/mol. The molecule has 3 nitrogen and oxygen atoms in total. The minimum absolute atomic E-state index is 0.275. The van der Waals surface area contributed by atoms with Crippen molar-refractivity contribution in [2.75, 3.05) is 5.73 Å². The lowest BCUT2D eigenvalue weighted by molar-refractivity contribution is 0.624. The van der Waals surface area contributed by atoms with Crippen LogP contribution in [0.4, 0.5) is 10.2 Å². The van der Waals surface area contributed by atoms with Gasteiger partial charge in [-0.3, -0.25) is 0 Å². The number of aromatic nitrogens is 2. The van der Waals surface area contributed by atoms with Crippen LogP contribution in [0.15, 0.2) is 46.6 Å². The molecule has 0 saturated heterocycles. The van der Waals surface area contributed by atoms with Crippen molar-refractivity contribution in [1.29, 1.82) is 0 Å². The van der Waals surface area contributed by atoms with E-state index in [4.69, 9.17) is 5.73 Å². The molecule has 1 aromatic heterocycles. The maximum absolute atomic E-state index is 12.9. The van der Waals surface area contributed by atoms with Crippen LogP contribution in [0.3, 0.4) is 0 Å². The molecular formula is C10H8FN3S. The van der Waals surface area contributed by atoms with Gasteiger partial charge in [-0.2, -0.15) is 0 Å².